The predicted octanol–water partition coefficient (Wildman–Crippen LogP) is 0.919. The monoisotopic (exact) mass is 185 g/mol. The highest BCUT2D eigenvalue weighted by molar-refractivity contribution is 4.85. The smallest absolute Gasteiger partial charge is 0.0962 e. The Morgan fingerprint density at radius 3 is 2.54 bits per heavy atom. The lowest BCUT2D eigenvalue weighted by Gasteiger charge is -2.31. The van der Waals surface area contributed by atoms with Crippen molar-refractivity contribution in [1.82, 2.24) is 0 Å². The Balaban J connectivity index is 1.83. The maximum absolute atomic E-state index is 6.15. The summed E-state index contributed by atoms with van der Waals surface area (Å²) in [5.41, 5.74) is 6.15. The van der Waals surface area contributed by atoms with Crippen LogP contribution >= 0.6 is 0 Å². The molecule has 2 rings (SSSR count). The summed E-state index contributed by atoms with van der Waals surface area (Å²) in [6.07, 6.45) is 5.39. The van der Waals surface area contributed by atoms with E-state index in [0.717, 1.165) is 6.61 Å². The SMILES string of the molecule is NC(C1CCCC1)C1COCCO1. The van der Waals surface area contributed by atoms with Gasteiger partial charge >= 0.3 is 0 Å². The first-order valence-corrected chi connectivity index (χ1v) is 5.33. The van der Waals surface area contributed by atoms with Crippen LogP contribution < -0.4 is 5.73 Å². The molecule has 0 amide bonds. The summed E-state index contributed by atoms with van der Waals surface area (Å²) >= 11 is 0. The van der Waals surface area contributed by atoms with E-state index in [1.807, 2.05) is 0 Å². The summed E-state index contributed by atoms with van der Waals surface area (Å²) in [6.45, 7) is 2.14. The summed E-state index contributed by atoms with van der Waals surface area (Å²) in [5, 5.41) is 0. The van der Waals surface area contributed by atoms with E-state index < -0.39 is 0 Å². The molecule has 1 saturated carbocycles. The van der Waals surface area contributed by atoms with Crippen molar-refractivity contribution < 1.29 is 9.47 Å². The predicted molar refractivity (Wildman–Crippen MR) is 50.5 cm³/mol. The first-order chi connectivity index (χ1) is 6.38. The fraction of sp³-hybridized carbons (Fsp3) is 1.00. The average molecular weight is 185 g/mol. The molecule has 0 aromatic carbocycles. The van der Waals surface area contributed by atoms with Crippen molar-refractivity contribution in [2.24, 2.45) is 11.7 Å². The van der Waals surface area contributed by atoms with Crippen LogP contribution in [-0.2, 0) is 9.47 Å². The third kappa shape index (κ3) is 2.22. The molecule has 0 bridgehead atoms. The molecule has 0 aromatic rings. The van der Waals surface area contributed by atoms with E-state index in [1.54, 1.807) is 0 Å². The Morgan fingerprint density at radius 2 is 1.92 bits per heavy atom. The second kappa shape index (κ2) is 4.40. The fourth-order valence-corrected chi connectivity index (χ4v) is 2.37. The summed E-state index contributed by atoms with van der Waals surface area (Å²) in [5.74, 6) is 0.673. The van der Waals surface area contributed by atoms with Gasteiger partial charge in [-0.15, -0.1) is 0 Å². The van der Waals surface area contributed by atoms with Gasteiger partial charge in [-0.05, 0) is 18.8 Å². The third-order valence-electron chi connectivity index (χ3n) is 3.22. The highest BCUT2D eigenvalue weighted by atomic mass is 16.6. The van der Waals surface area contributed by atoms with Crippen LogP contribution in [0, 0.1) is 5.92 Å². The van der Waals surface area contributed by atoms with E-state index in [9.17, 15) is 0 Å². The summed E-state index contributed by atoms with van der Waals surface area (Å²) < 4.78 is 11.0. The minimum atomic E-state index is 0.150. The number of ether oxygens (including phenoxy) is 2. The molecule has 13 heavy (non-hydrogen) atoms. The topological polar surface area (TPSA) is 44.5 Å². The molecule has 2 aliphatic rings. The zero-order valence-electron chi connectivity index (χ0n) is 8.08. The van der Waals surface area contributed by atoms with Gasteiger partial charge in [0.05, 0.1) is 25.9 Å². The molecule has 1 saturated heterocycles. The molecule has 2 atom stereocenters. The van der Waals surface area contributed by atoms with E-state index in [1.165, 1.54) is 25.7 Å². The quantitative estimate of drug-likeness (QED) is 0.695. The van der Waals surface area contributed by atoms with Gasteiger partial charge in [-0.25, -0.2) is 0 Å². The second-order valence-corrected chi connectivity index (χ2v) is 4.11. The lowest BCUT2D eigenvalue weighted by molar-refractivity contribution is -0.103. The number of rotatable bonds is 2. The largest absolute Gasteiger partial charge is 0.376 e. The molecule has 1 aliphatic carbocycles. The molecule has 0 spiro atoms. The normalized spacial score (nSPS) is 33.5. The lowest BCUT2D eigenvalue weighted by Crippen LogP contribution is -2.47. The molecule has 2 unspecified atom stereocenters. The lowest BCUT2D eigenvalue weighted by atomic mass is 9.94. The molecule has 1 aliphatic heterocycles. The molecular weight excluding hydrogens is 166 g/mol. The maximum atomic E-state index is 6.15. The van der Waals surface area contributed by atoms with Crippen LogP contribution in [0.2, 0.25) is 0 Å². The first-order valence-electron chi connectivity index (χ1n) is 5.33. The Kier molecular flexibility index (Phi) is 3.19. The Hall–Kier alpha value is -0.120. The van der Waals surface area contributed by atoms with Gasteiger partial charge in [-0.3, -0.25) is 0 Å². The van der Waals surface area contributed by atoms with Gasteiger partial charge in [0.1, 0.15) is 0 Å². The minimum Gasteiger partial charge on any atom is -0.376 e. The number of nitrogens with two attached hydrogens (primary N) is 1. The van der Waals surface area contributed by atoms with Crippen molar-refractivity contribution in [2.45, 2.75) is 37.8 Å². The van der Waals surface area contributed by atoms with Crippen molar-refractivity contribution in [1.29, 1.82) is 0 Å². The van der Waals surface area contributed by atoms with Crippen molar-refractivity contribution in [3.05, 3.63) is 0 Å². The number of hydrogen-bond acceptors (Lipinski definition) is 3. The van der Waals surface area contributed by atoms with Crippen LogP contribution in [-0.4, -0.2) is 32.0 Å². The van der Waals surface area contributed by atoms with Gasteiger partial charge in [0, 0.05) is 6.04 Å². The molecule has 2 N–H and O–H groups in total. The Labute approximate surface area is 79.6 Å². The average Bonchev–Trinajstić information content (AvgIpc) is 2.71. The minimum absolute atomic E-state index is 0.150. The molecule has 2 fully saturated rings. The van der Waals surface area contributed by atoms with Crippen molar-refractivity contribution >= 4 is 0 Å². The van der Waals surface area contributed by atoms with Gasteiger partial charge < -0.3 is 15.2 Å². The highest BCUT2D eigenvalue weighted by Gasteiger charge is 2.30. The zero-order valence-corrected chi connectivity index (χ0v) is 8.08. The van der Waals surface area contributed by atoms with Gasteiger partial charge in [0.25, 0.3) is 0 Å². The number of hydrogen-bond donors (Lipinski definition) is 1. The van der Waals surface area contributed by atoms with Crippen LogP contribution in [0.3, 0.4) is 0 Å². The van der Waals surface area contributed by atoms with Crippen molar-refractivity contribution in [2.75, 3.05) is 19.8 Å². The molecule has 1 heterocycles. The van der Waals surface area contributed by atoms with E-state index in [4.69, 9.17) is 15.2 Å². The summed E-state index contributed by atoms with van der Waals surface area (Å²) in [4.78, 5) is 0. The molecule has 3 heteroatoms. The van der Waals surface area contributed by atoms with E-state index in [-0.39, 0.29) is 12.1 Å². The molecule has 3 nitrogen and oxygen atoms in total. The summed E-state index contributed by atoms with van der Waals surface area (Å²) in [6, 6.07) is 0.197. The van der Waals surface area contributed by atoms with Gasteiger partial charge in [0.15, 0.2) is 0 Å². The molecule has 76 valence electrons. The van der Waals surface area contributed by atoms with Crippen LogP contribution in [0.4, 0.5) is 0 Å². The highest BCUT2D eigenvalue weighted by Crippen LogP contribution is 2.29. The van der Waals surface area contributed by atoms with Crippen LogP contribution in [0.5, 0.6) is 0 Å². The first kappa shape index (κ1) is 9.44. The molecule has 0 radical (unpaired) electrons. The van der Waals surface area contributed by atoms with Crippen LogP contribution in [0.1, 0.15) is 25.7 Å². The molecular formula is C10H19NO2. The Morgan fingerprint density at radius 1 is 1.15 bits per heavy atom. The van der Waals surface area contributed by atoms with E-state index in [0.29, 0.717) is 19.1 Å². The fourth-order valence-electron chi connectivity index (χ4n) is 2.37. The maximum Gasteiger partial charge on any atom is 0.0962 e. The zero-order chi connectivity index (χ0) is 9.10. The van der Waals surface area contributed by atoms with Crippen molar-refractivity contribution in [3.8, 4) is 0 Å². The standard InChI is InChI=1S/C10H19NO2/c11-10(8-3-1-2-4-8)9-7-12-5-6-13-9/h8-10H,1-7,11H2. The molecule has 0 aromatic heterocycles. The Bertz CT molecular complexity index is 151. The van der Waals surface area contributed by atoms with Crippen LogP contribution in [0.25, 0.3) is 0 Å². The van der Waals surface area contributed by atoms with Crippen LogP contribution in [0.15, 0.2) is 0 Å². The van der Waals surface area contributed by atoms with Crippen molar-refractivity contribution in [3.63, 3.8) is 0 Å². The third-order valence-corrected chi connectivity index (χ3v) is 3.22. The second-order valence-electron chi connectivity index (χ2n) is 4.11. The van der Waals surface area contributed by atoms with E-state index in [2.05, 4.69) is 0 Å². The van der Waals surface area contributed by atoms with E-state index >= 15 is 0 Å². The van der Waals surface area contributed by atoms with Gasteiger partial charge in [-0.2, -0.15) is 0 Å². The van der Waals surface area contributed by atoms with Gasteiger partial charge in [0.2, 0.25) is 0 Å². The van der Waals surface area contributed by atoms with Gasteiger partial charge in [-0.1, -0.05) is 12.8 Å². The summed E-state index contributed by atoms with van der Waals surface area (Å²) in [7, 11) is 0.